The first-order valence-corrected chi connectivity index (χ1v) is 9.78. The highest BCUT2D eigenvalue weighted by atomic mass is 16.5. The van der Waals surface area contributed by atoms with E-state index in [1.165, 1.54) is 11.6 Å². The van der Waals surface area contributed by atoms with Gasteiger partial charge in [-0.25, -0.2) is 0 Å². The van der Waals surface area contributed by atoms with Crippen molar-refractivity contribution < 1.29 is 14.3 Å². The zero-order valence-corrected chi connectivity index (χ0v) is 17.4. The number of hydrogen-bond donors (Lipinski definition) is 1. The molecule has 1 aliphatic heterocycles. The zero-order chi connectivity index (χ0) is 20.6. The third-order valence-corrected chi connectivity index (χ3v) is 5.03. The molecular formula is C23H29N3O3. The molecular weight excluding hydrogens is 366 g/mol. The van der Waals surface area contributed by atoms with E-state index < -0.39 is 0 Å². The molecule has 29 heavy (non-hydrogen) atoms. The van der Waals surface area contributed by atoms with Crippen LogP contribution in [0.25, 0.3) is 6.08 Å². The quantitative estimate of drug-likeness (QED) is 0.730. The summed E-state index contributed by atoms with van der Waals surface area (Å²) < 4.78 is 10.5. The van der Waals surface area contributed by atoms with E-state index >= 15 is 0 Å². The van der Waals surface area contributed by atoms with Crippen LogP contribution in [-0.2, 0) is 11.3 Å². The van der Waals surface area contributed by atoms with Crippen molar-refractivity contribution in [3.8, 4) is 11.5 Å². The number of nitrogens with zero attached hydrogens (tertiary/aromatic N) is 2. The van der Waals surface area contributed by atoms with Crippen molar-refractivity contribution >= 4 is 17.7 Å². The summed E-state index contributed by atoms with van der Waals surface area (Å²) in [6.45, 7) is 5.23. The lowest BCUT2D eigenvalue weighted by Gasteiger charge is -2.32. The Morgan fingerprint density at radius 1 is 1.03 bits per heavy atom. The standard InChI is InChI=1S/C23H29N3O3/c1-25-11-13-26(14-12-25)17-19-5-4-6-20(15-19)24-23(27)10-8-18-7-9-21(28-2)22(16-18)29-3/h4-10,15-16H,11-14,17H2,1-3H3,(H,24,27)/b10-8+. The lowest BCUT2D eigenvalue weighted by Crippen LogP contribution is -2.43. The SMILES string of the molecule is COc1ccc(/C=C/C(=O)Nc2cccc(CN3CCN(C)CC3)c2)cc1OC. The Labute approximate surface area is 172 Å². The maximum Gasteiger partial charge on any atom is 0.248 e. The highest BCUT2D eigenvalue weighted by molar-refractivity contribution is 6.02. The number of carbonyl (C=O) groups is 1. The van der Waals surface area contributed by atoms with Crippen LogP contribution in [0.2, 0.25) is 0 Å². The molecule has 6 nitrogen and oxygen atoms in total. The van der Waals surface area contributed by atoms with Crippen LogP contribution >= 0.6 is 0 Å². The first kappa shape index (κ1) is 20.9. The second kappa shape index (κ2) is 10.1. The minimum Gasteiger partial charge on any atom is -0.493 e. The molecule has 0 bridgehead atoms. The normalized spacial score (nSPS) is 15.4. The maximum absolute atomic E-state index is 12.3. The number of anilines is 1. The maximum atomic E-state index is 12.3. The Kier molecular flexibility index (Phi) is 7.27. The van der Waals surface area contributed by atoms with Gasteiger partial charge in [0.25, 0.3) is 0 Å². The fourth-order valence-electron chi connectivity index (χ4n) is 3.32. The second-order valence-electron chi connectivity index (χ2n) is 7.22. The first-order chi connectivity index (χ1) is 14.1. The van der Waals surface area contributed by atoms with Gasteiger partial charge in [-0.1, -0.05) is 18.2 Å². The molecule has 0 unspecified atom stereocenters. The van der Waals surface area contributed by atoms with Gasteiger partial charge in [-0.3, -0.25) is 9.69 Å². The molecule has 1 amide bonds. The molecule has 1 N–H and O–H groups in total. The molecule has 154 valence electrons. The van der Waals surface area contributed by atoms with Gasteiger partial charge in [0, 0.05) is 44.5 Å². The van der Waals surface area contributed by atoms with Crippen molar-refractivity contribution in [1.82, 2.24) is 9.80 Å². The van der Waals surface area contributed by atoms with Gasteiger partial charge in [0.15, 0.2) is 11.5 Å². The molecule has 3 rings (SSSR count). The van der Waals surface area contributed by atoms with Crippen molar-refractivity contribution in [2.45, 2.75) is 6.54 Å². The predicted molar refractivity (Wildman–Crippen MR) is 116 cm³/mol. The molecule has 0 radical (unpaired) electrons. The lowest BCUT2D eigenvalue weighted by molar-refractivity contribution is -0.111. The van der Waals surface area contributed by atoms with Crippen molar-refractivity contribution in [3.05, 3.63) is 59.7 Å². The van der Waals surface area contributed by atoms with Crippen molar-refractivity contribution in [3.63, 3.8) is 0 Å². The van der Waals surface area contributed by atoms with E-state index in [-0.39, 0.29) is 5.91 Å². The van der Waals surface area contributed by atoms with Gasteiger partial charge in [0.1, 0.15) is 0 Å². The van der Waals surface area contributed by atoms with E-state index in [0.29, 0.717) is 11.5 Å². The molecule has 0 atom stereocenters. The fraction of sp³-hybridized carbons (Fsp3) is 0.348. The number of hydrogen-bond acceptors (Lipinski definition) is 5. The van der Waals surface area contributed by atoms with Gasteiger partial charge in [0.2, 0.25) is 5.91 Å². The summed E-state index contributed by atoms with van der Waals surface area (Å²) in [6, 6.07) is 13.6. The fourth-order valence-corrected chi connectivity index (χ4v) is 3.32. The molecule has 0 saturated carbocycles. The molecule has 2 aromatic carbocycles. The summed E-state index contributed by atoms with van der Waals surface area (Å²) in [5, 5.41) is 2.94. The van der Waals surface area contributed by atoms with Gasteiger partial charge < -0.3 is 19.7 Å². The van der Waals surface area contributed by atoms with E-state index in [0.717, 1.165) is 44.0 Å². The topological polar surface area (TPSA) is 54.0 Å². The van der Waals surface area contributed by atoms with Gasteiger partial charge in [-0.15, -0.1) is 0 Å². The third kappa shape index (κ3) is 6.07. The van der Waals surface area contributed by atoms with Gasteiger partial charge >= 0.3 is 0 Å². The highest BCUT2D eigenvalue weighted by Gasteiger charge is 2.14. The largest absolute Gasteiger partial charge is 0.493 e. The van der Waals surface area contributed by atoms with Crippen LogP contribution in [-0.4, -0.2) is 63.2 Å². The number of amides is 1. The van der Waals surface area contributed by atoms with E-state index in [4.69, 9.17) is 9.47 Å². The Hall–Kier alpha value is -2.83. The molecule has 0 spiro atoms. The number of carbonyl (C=O) groups excluding carboxylic acids is 1. The Morgan fingerprint density at radius 2 is 1.79 bits per heavy atom. The van der Waals surface area contributed by atoms with Crippen LogP contribution in [0.15, 0.2) is 48.5 Å². The molecule has 0 aliphatic carbocycles. The molecule has 1 fully saturated rings. The molecule has 6 heteroatoms. The Bertz CT molecular complexity index is 858. The van der Waals surface area contributed by atoms with Crippen LogP contribution in [0.3, 0.4) is 0 Å². The van der Waals surface area contributed by atoms with Crippen molar-refractivity contribution in [2.75, 3.05) is 52.8 Å². The van der Waals surface area contributed by atoms with Crippen molar-refractivity contribution in [2.24, 2.45) is 0 Å². The van der Waals surface area contributed by atoms with Crippen LogP contribution in [0.4, 0.5) is 5.69 Å². The molecule has 1 heterocycles. The monoisotopic (exact) mass is 395 g/mol. The predicted octanol–water partition coefficient (Wildman–Crippen LogP) is 3.10. The highest BCUT2D eigenvalue weighted by Crippen LogP contribution is 2.28. The van der Waals surface area contributed by atoms with Crippen LogP contribution < -0.4 is 14.8 Å². The summed E-state index contributed by atoms with van der Waals surface area (Å²) in [6.07, 6.45) is 3.28. The molecule has 1 aliphatic rings. The van der Waals surface area contributed by atoms with Crippen LogP contribution in [0.5, 0.6) is 11.5 Å². The summed E-state index contributed by atoms with van der Waals surface area (Å²) >= 11 is 0. The van der Waals surface area contributed by atoms with E-state index in [9.17, 15) is 4.79 Å². The Balaban J connectivity index is 1.58. The smallest absolute Gasteiger partial charge is 0.248 e. The zero-order valence-electron chi connectivity index (χ0n) is 17.4. The number of ether oxygens (including phenoxy) is 2. The number of nitrogens with one attached hydrogen (secondary N) is 1. The van der Waals surface area contributed by atoms with Gasteiger partial charge in [-0.2, -0.15) is 0 Å². The lowest BCUT2D eigenvalue weighted by atomic mass is 10.1. The molecule has 2 aromatic rings. The molecule has 1 saturated heterocycles. The minimum absolute atomic E-state index is 0.170. The Morgan fingerprint density at radius 3 is 2.52 bits per heavy atom. The third-order valence-electron chi connectivity index (χ3n) is 5.03. The van der Waals surface area contributed by atoms with E-state index in [1.54, 1.807) is 20.3 Å². The number of benzene rings is 2. The number of piperazine rings is 1. The summed E-state index contributed by atoms with van der Waals surface area (Å²) in [7, 11) is 5.34. The van der Waals surface area contributed by atoms with E-state index in [1.807, 2.05) is 36.4 Å². The summed E-state index contributed by atoms with van der Waals surface area (Å²) in [5.41, 5.74) is 2.87. The van der Waals surface area contributed by atoms with Crippen LogP contribution in [0.1, 0.15) is 11.1 Å². The van der Waals surface area contributed by atoms with Gasteiger partial charge in [0.05, 0.1) is 14.2 Å². The molecule has 0 aromatic heterocycles. The average molecular weight is 396 g/mol. The van der Waals surface area contributed by atoms with Crippen molar-refractivity contribution in [1.29, 1.82) is 0 Å². The minimum atomic E-state index is -0.170. The summed E-state index contributed by atoms with van der Waals surface area (Å²) in [4.78, 5) is 17.1. The van der Waals surface area contributed by atoms with E-state index in [2.05, 4.69) is 28.2 Å². The number of rotatable bonds is 7. The summed E-state index contributed by atoms with van der Waals surface area (Å²) in [5.74, 6) is 1.12. The second-order valence-corrected chi connectivity index (χ2v) is 7.22. The van der Waals surface area contributed by atoms with Gasteiger partial charge in [-0.05, 0) is 48.5 Å². The number of methoxy groups -OCH3 is 2. The average Bonchev–Trinajstić information content (AvgIpc) is 2.74. The number of likely N-dealkylation sites (N-methyl/N-ethyl adjacent to an activating group) is 1. The van der Waals surface area contributed by atoms with Crippen LogP contribution in [0, 0.1) is 0 Å². The first-order valence-electron chi connectivity index (χ1n) is 9.78.